The van der Waals surface area contributed by atoms with Gasteiger partial charge in [-0.1, -0.05) is 40.2 Å². The number of nitrogens with zero attached hydrogens (tertiary/aromatic N) is 1. The molecule has 0 radical (unpaired) electrons. The van der Waals surface area contributed by atoms with Crippen LogP contribution in [-0.4, -0.2) is 48.2 Å². The van der Waals surface area contributed by atoms with Crippen molar-refractivity contribution in [3.05, 3.63) is 64.1 Å². The third-order valence-electron chi connectivity index (χ3n) is 6.63. The highest BCUT2D eigenvalue weighted by atomic mass is 79.9. The summed E-state index contributed by atoms with van der Waals surface area (Å²) in [7, 11) is 0. The smallest absolute Gasteiger partial charge is 0.406 e. The molecule has 2 aliphatic rings. The molecule has 2 aromatic carbocycles. The summed E-state index contributed by atoms with van der Waals surface area (Å²) in [5.74, 6) is -0.798. The van der Waals surface area contributed by atoms with Gasteiger partial charge in [-0.15, -0.1) is 13.2 Å². The summed E-state index contributed by atoms with van der Waals surface area (Å²) < 4.78 is 42.3. The first-order chi connectivity index (χ1) is 16.6. The summed E-state index contributed by atoms with van der Waals surface area (Å²) in [5.41, 5.74) is 6.62. The Kier molecular flexibility index (Phi) is 7.42. The Morgan fingerprint density at radius 2 is 1.69 bits per heavy atom. The summed E-state index contributed by atoms with van der Waals surface area (Å²) in [5, 5.41) is 2.96. The van der Waals surface area contributed by atoms with Crippen molar-refractivity contribution in [1.29, 1.82) is 0 Å². The average Bonchev–Trinajstić information content (AvgIpc) is 3.62. The number of carbonyl (C=O) groups is 2. The van der Waals surface area contributed by atoms with Crippen molar-refractivity contribution in [2.45, 2.75) is 56.0 Å². The maximum absolute atomic E-state index is 13.4. The van der Waals surface area contributed by atoms with E-state index in [2.05, 4.69) is 26.0 Å². The van der Waals surface area contributed by atoms with Crippen LogP contribution >= 0.6 is 15.9 Å². The van der Waals surface area contributed by atoms with Crippen molar-refractivity contribution < 1.29 is 27.5 Å². The van der Waals surface area contributed by atoms with E-state index in [0.717, 1.165) is 10.0 Å². The molecule has 35 heavy (non-hydrogen) atoms. The van der Waals surface area contributed by atoms with Crippen LogP contribution in [0.4, 0.5) is 13.2 Å². The molecule has 6 nitrogen and oxygen atoms in total. The number of carbonyl (C=O) groups excluding carboxylic acids is 2. The van der Waals surface area contributed by atoms with Gasteiger partial charge in [-0.2, -0.15) is 0 Å². The van der Waals surface area contributed by atoms with Crippen LogP contribution < -0.4 is 15.8 Å². The van der Waals surface area contributed by atoms with Gasteiger partial charge in [0, 0.05) is 30.0 Å². The van der Waals surface area contributed by atoms with Crippen molar-refractivity contribution in [2.24, 2.45) is 5.73 Å². The monoisotopic (exact) mass is 553 g/mol. The number of nitrogens with two attached hydrogens (primary N) is 1. The third kappa shape index (κ3) is 6.35. The van der Waals surface area contributed by atoms with Gasteiger partial charge >= 0.3 is 6.36 Å². The van der Waals surface area contributed by atoms with Gasteiger partial charge in [0.1, 0.15) is 11.8 Å². The highest BCUT2D eigenvalue weighted by Crippen LogP contribution is 2.49. The summed E-state index contributed by atoms with van der Waals surface area (Å²) >= 11 is 3.40. The predicted molar refractivity (Wildman–Crippen MR) is 128 cm³/mol. The lowest BCUT2D eigenvalue weighted by Gasteiger charge is -2.33. The number of amides is 2. The van der Waals surface area contributed by atoms with Gasteiger partial charge in [0.15, 0.2) is 0 Å². The lowest BCUT2D eigenvalue weighted by Crippen LogP contribution is -2.54. The molecule has 2 fully saturated rings. The number of rotatable bonds is 7. The number of ether oxygens (including phenoxy) is 1. The lowest BCUT2D eigenvalue weighted by atomic mass is 9.93. The zero-order valence-corrected chi connectivity index (χ0v) is 20.6. The number of benzene rings is 2. The normalized spacial score (nSPS) is 18.6. The van der Waals surface area contributed by atoms with E-state index in [-0.39, 0.29) is 23.6 Å². The minimum absolute atomic E-state index is 0.0672. The molecule has 0 spiro atoms. The summed E-state index contributed by atoms with van der Waals surface area (Å²) in [6.07, 6.45) is -1.93. The quantitative estimate of drug-likeness (QED) is 0.541. The number of halogens is 4. The SMILES string of the molecule is NC1CCN(C(=O)[C@H](Cc2ccc(Br)cc2)NC(=O)C2(c3ccc(OC(F)(F)F)cc3)CC2)CC1. The Morgan fingerprint density at radius 1 is 1.09 bits per heavy atom. The summed E-state index contributed by atoms with van der Waals surface area (Å²) in [4.78, 5) is 28.6. The number of piperidine rings is 1. The Bertz CT molecular complexity index is 1050. The fourth-order valence-electron chi connectivity index (χ4n) is 4.44. The summed E-state index contributed by atoms with van der Waals surface area (Å²) in [6, 6.07) is 12.2. The molecule has 1 aliphatic heterocycles. The number of hydrogen-bond acceptors (Lipinski definition) is 4. The Labute approximate surface area is 210 Å². The molecular weight excluding hydrogens is 527 g/mol. The number of nitrogens with one attached hydrogen (secondary N) is 1. The van der Waals surface area contributed by atoms with Crippen LogP contribution in [0.1, 0.15) is 36.8 Å². The largest absolute Gasteiger partial charge is 0.573 e. The molecular formula is C25H27BrF3N3O3. The molecule has 0 unspecified atom stereocenters. The molecule has 0 bridgehead atoms. The van der Waals surface area contributed by atoms with Crippen LogP contribution in [0.15, 0.2) is 53.0 Å². The fourth-order valence-corrected chi connectivity index (χ4v) is 4.70. The molecule has 3 N–H and O–H groups in total. The van der Waals surface area contributed by atoms with E-state index in [1.807, 2.05) is 24.3 Å². The van der Waals surface area contributed by atoms with Crippen molar-refractivity contribution in [1.82, 2.24) is 10.2 Å². The van der Waals surface area contributed by atoms with Gasteiger partial charge < -0.3 is 20.7 Å². The Morgan fingerprint density at radius 3 is 2.23 bits per heavy atom. The Balaban J connectivity index is 1.51. The zero-order chi connectivity index (χ0) is 25.2. The van der Waals surface area contributed by atoms with Crippen molar-refractivity contribution in [2.75, 3.05) is 13.1 Å². The Hall–Kier alpha value is -2.59. The molecule has 2 amide bonds. The van der Waals surface area contributed by atoms with Crippen LogP contribution in [0.25, 0.3) is 0 Å². The van der Waals surface area contributed by atoms with Gasteiger partial charge in [0.05, 0.1) is 5.41 Å². The average molecular weight is 554 g/mol. The van der Waals surface area contributed by atoms with E-state index in [1.54, 1.807) is 4.90 Å². The van der Waals surface area contributed by atoms with E-state index in [1.165, 1.54) is 24.3 Å². The summed E-state index contributed by atoms with van der Waals surface area (Å²) in [6.45, 7) is 1.08. The third-order valence-corrected chi connectivity index (χ3v) is 7.16. The predicted octanol–water partition coefficient (Wildman–Crippen LogP) is 4.06. The second-order valence-corrected chi connectivity index (χ2v) is 10.1. The number of alkyl halides is 3. The molecule has 1 aliphatic carbocycles. The number of likely N-dealkylation sites (tertiary alicyclic amines) is 1. The molecule has 4 rings (SSSR count). The molecule has 1 saturated carbocycles. The van der Waals surface area contributed by atoms with Gasteiger partial charge in [0.2, 0.25) is 11.8 Å². The molecule has 1 saturated heterocycles. The van der Waals surface area contributed by atoms with Crippen molar-refractivity contribution in [3.63, 3.8) is 0 Å². The van der Waals surface area contributed by atoms with Crippen molar-refractivity contribution >= 4 is 27.7 Å². The second kappa shape index (κ2) is 10.2. The number of hydrogen-bond donors (Lipinski definition) is 2. The van der Waals surface area contributed by atoms with Crippen LogP contribution in [0.3, 0.4) is 0 Å². The molecule has 2 aromatic rings. The zero-order valence-electron chi connectivity index (χ0n) is 19.0. The topological polar surface area (TPSA) is 84.7 Å². The highest BCUT2D eigenvalue weighted by Gasteiger charge is 2.52. The molecule has 1 heterocycles. The van der Waals surface area contributed by atoms with Crippen LogP contribution in [0, 0.1) is 0 Å². The molecule has 1 atom stereocenters. The van der Waals surface area contributed by atoms with E-state index < -0.39 is 17.8 Å². The molecule has 188 valence electrons. The maximum Gasteiger partial charge on any atom is 0.573 e. The van der Waals surface area contributed by atoms with E-state index >= 15 is 0 Å². The standard InChI is InChI=1S/C25H27BrF3N3O3/c26-18-5-1-16(2-6-18)15-21(22(33)32-13-9-19(30)10-14-32)31-23(34)24(11-12-24)17-3-7-20(8-4-17)35-25(27,28)29/h1-8,19,21H,9-15,30H2,(H,31,34)/t21-/m0/s1. The van der Waals surface area contributed by atoms with Crippen LogP contribution in [-0.2, 0) is 21.4 Å². The minimum Gasteiger partial charge on any atom is -0.406 e. The lowest BCUT2D eigenvalue weighted by molar-refractivity contribution is -0.274. The van der Waals surface area contributed by atoms with Gasteiger partial charge in [-0.05, 0) is 61.1 Å². The first-order valence-electron chi connectivity index (χ1n) is 11.5. The van der Waals surface area contributed by atoms with Crippen LogP contribution in [0.5, 0.6) is 5.75 Å². The molecule has 10 heteroatoms. The fraction of sp³-hybridized carbons (Fsp3) is 0.440. The van der Waals surface area contributed by atoms with Crippen LogP contribution in [0.2, 0.25) is 0 Å². The van der Waals surface area contributed by atoms with Crippen molar-refractivity contribution in [3.8, 4) is 5.75 Å². The first kappa shape index (κ1) is 25.5. The van der Waals surface area contributed by atoms with Gasteiger partial charge in [0.25, 0.3) is 0 Å². The van der Waals surface area contributed by atoms with Gasteiger partial charge in [-0.3, -0.25) is 9.59 Å². The van der Waals surface area contributed by atoms with E-state index in [9.17, 15) is 22.8 Å². The van der Waals surface area contributed by atoms with Gasteiger partial charge in [-0.25, -0.2) is 0 Å². The van der Waals surface area contributed by atoms with E-state index in [0.29, 0.717) is 50.8 Å². The maximum atomic E-state index is 13.4. The second-order valence-electron chi connectivity index (χ2n) is 9.17. The molecule has 0 aromatic heterocycles. The minimum atomic E-state index is -4.78. The first-order valence-corrected chi connectivity index (χ1v) is 12.3. The van der Waals surface area contributed by atoms with E-state index in [4.69, 9.17) is 5.73 Å². The highest BCUT2D eigenvalue weighted by molar-refractivity contribution is 9.10.